The van der Waals surface area contributed by atoms with Gasteiger partial charge >= 0.3 is 6.09 Å². The van der Waals surface area contributed by atoms with E-state index in [2.05, 4.69) is 31.2 Å². The van der Waals surface area contributed by atoms with E-state index >= 15 is 0 Å². The Morgan fingerprint density at radius 3 is 2.43 bits per heavy atom. The molecule has 1 aliphatic rings. The van der Waals surface area contributed by atoms with Crippen LogP contribution in [0.4, 0.5) is 4.79 Å². The molecule has 0 unspecified atom stereocenters. The quantitative estimate of drug-likeness (QED) is 0.809. The molecule has 0 aromatic heterocycles. The maximum atomic E-state index is 12.1. The fourth-order valence-electron chi connectivity index (χ4n) is 2.95. The first-order chi connectivity index (χ1) is 9.90. The summed E-state index contributed by atoms with van der Waals surface area (Å²) in [5.41, 5.74) is 2.49. The van der Waals surface area contributed by atoms with Gasteiger partial charge in [0.25, 0.3) is 0 Å². The fraction of sp³-hybridized carbons (Fsp3) is 0.611. The molecule has 1 aliphatic heterocycles. The first kappa shape index (κ1) is 15.9. The van der Waals surface area contributed by atoms with Gasteiger partial charge < -0.3 is 9.64 Å². The molecule has 21 heavy (non-hydrogen) atoms. The SMILES string of the molecule is CCc1ccccc1C1CCN(C(=O)OC(C)(C)C)CC1. The largest absolute Gasteiger partial charge is 0.444 e. The van der Waals surface area contributed by atoms with Crippen LogP contribution in [0.3, 0.4) is 0 Å². The summed E-state index contributed by atoms with van der Waals surface area (Å²) in [6.07, 6.45) is 2.94. The van der Waals surface area contributed by atoms with Gasteiger partial charge in [-0.3, -0.25) is 0 Å². The molecule has 0 saturated carbocycles. The van der Waals surface area contributed by atoms with Gasteiger partial charge in [0.15, 0.2) is 0 Å². The van der Waals surface area contributed by atoms with E-state index in [4.69, 9.17) is 4.74 Å². The van der Waals surface area contributed by atoms with Gasteiger partial charge in [0, 0.05) is 13.1 Å². The molecule has 1 aromatic carbocycles. The van der Waals surface area contributed by atoms with Crippen molar-refractivity contribution in [3.8, 4) is 0 Å². The molecule has 1 aromatic rings. The molecule has 1 fully saturated rings. The van der Waals surface area contributed by atoms with Gasteiger partial charge in [-0.15, -0.1) is 0 Å². The van der Waals surface area contributed by atoms with Crippen molar-refractivity contribution in [3.05, 3.63) is 35.4 Å². The number of ether oxygens (including phenoxy) is 1. The maximum Gasteiger partial charge on any atom is 0.410 e. The lowest BCUT2D eigenvalue weighted by atomic mass is 9.86. The maximum absolute atomic E-state index is 12.1. The zero-order valence-corrected chi connectivity index (χ0v) is 13.7. The Morgan fingerprint density at radius 2 is 1.86 bits per heavy atom. The van der Waals surface area contributed by atoms with Crippen molar-refractivity contribution < 1.29 is 9.53 Å². The Hall–Kier alpha value is -1.51. The monoisotopic (exact) mass is 289 g/mol. The summed E-state index contributed by atoms with van der Waals surface area (Å²) >= 11 is 0. The third-order valence-electron chi connectivity index (χ3n) is 4.02. The molecular formula is C18H27NO2. The van der Waals surface area contributed by atoms with Crippen LogP contribution < -0.4 is 0 Å². The Morgan fingerprint density at radius 1 is 1.24 bits per heavy atom. The molecule has 3 nitrogen and oxygen atoms in total. The van der Waals surface area contributed by atoms with Crippen molar-refractivity contribution in [2.24, 2.45) is 0 Å². The summed E-state index contributed by atoms with van der Waals surface area (Å²) in [5, 5.41) is 0. The highest BCUT2D eigenvalue weighted by Crippen LogP contribution is 2.31. The van der Waals surface area contributed by atoms with Gasteiger partial charge in [-0.1, -0.05) is 31.2 Å². The molecule has 0 aliphatic carbocycles. The highest BCUT2D eigenvalue weighted by atomic mass is 16.6. The van der Waals surface area contributed by atoms with E-state index in [-0.39, 0.29) is 6.09 Å². The van der Waals surface area contributed by atoms with E-state index < -0.39 is 5.60 Å². The summed E-state index contributed by atoms with van der Waals surface area (Å²) in [6, 6.07) is 8.69. The normalized spacial score (nSPS) is 16.9. The number of aryl methyl sites for hydroxylation is 1. The summed E-state index contributed by atoms with van der Waals surface area (Å²) in [4.78, 5) is 13.9. The lowest BCUT2D eigenvalue weighted by Crippen LogP contribution is -2.41. The number of piperidine rings is 1. The zero-order chi connectivity index (χ0) is 15.5. The second kappa shape index (κ2) is 6.50. The third kappa shape index (κ3) is 4.23. The van der Waals surface area contributed by atoms with E-state index in [0.717, 1.165) is 32.4 Å². The lowest BCUT2D eigenvalue weighted by Gasteiger charge is -2.34. The summed E-state index contributed by atoms with van der Waals surface area (Å²) in [7, 11) is 0. The molecule has 0 N–H and O–H groups in total. The second-order valence-electron chi connectivity index (χ2n) is 6.79. The number of hydrogen-bond acceptors (Lipinski definition) is 2. The number of carbonyl (C=O) groups is 1. The van der Waals surface area contributed by atoms with Crippen LogP contribution >= 0.6 is 0 Å². The van der Waals surface area contributed by atoms with E-state index in [1.165, 1.54) is 11.1 Å². The Bertz CT molecular complexity index is 482. The topological polar surface area (TPSA) is 29.5 Å². The van der Waals surface area contributed by atoms with Crippen molar-refractivity contribution in [1.29, 1.82) is 0 Å². The molecule has 0 radical (unpaired) electrons. The Balaban J connectivity index is 1.96. The van der Waals surface area contributed by atoms with Gasteiger partial charge in [-0.05, 0) is 57.1 Å². The van der Waals surface area contributed by atoms with Gasteiger partial charge in [-0.25, -0.2) is 4.79 Å². The van der Waals surface area contributed by atoms with E-state index in [1.54, 1.807) is 0 Å². The second-order valence-corrected chi connectivity index (χ2v) is 6.79. The van der Waals surface area contributed by atoms with Crippen molar-refractivity contribution >= 4 is 6.09 Å². The molecule has 3 heteroatoms. The van der Waals surface area contributed by atoms with Gasteiger partial charge in [0.2, 0.25) is 0 Å². The average molecular weight is 289 g/mol. The van der Waals surface area contributed by atoms with Crippen LogP contribution in [0.2, 0.25) is 0 Å². The van der Waals surface area contributed by atoms with Crippen LogP contribution in [0, 0.1) is 0 Å². The number of amides is 1. The molecule has 1 amide bonds. The zero-order valence-electron chi connectivity index (χ0n) is 13.7. The summed E-state index contributed by atoms with van der Waals surface area (Å²) in [6.45, 7) is 9.52. The first-order valence-corrected chi connectivity index (χ1v) is 7.96. The standard InChI is InChI=1S/C18H27NO2/c1-5-14-8-6-7-9-16(14)15-10-12-19(13-11-15)17(20)21-18(2,3)4/h6-9,15H,5,10-13H2,1-4H3. The molecule has 116 valence electrons. The van der Waals surface area contributed by atoms with E-state index in [1.807, 2.05) is 25.7 Å². The summed E-state index contributed by atoms with van der Waals surface area (Å²) < 4.78 is 5.45. The molecule has 0 bridgehead atoms. The van der Waals surface area contributed by atoms with E-state index in [9.17, 15) is 4.79 Å². The Labute approximate surface area is 128 Å². The Kier molecular flexibility index (Phi) is 4.92. The molecule has 2 rings (SSSR count). The molecule has 1 saturated heterocycles. The van der Waals surface area contributed by atoms with Crippen molar-refractivity contribution in [3.63, 3.8) is 0 Å². The highest BCUT2D eigenvalue weighted by molar-refractivity contribution is 5.68. The smallest absolute Gasteiger partial charge is 0.410 e. The van der Waals surface area contributed by atoms with E-state index in [0.29, 0.717) is 5.92 Å². The fourth-order valence-corrected chi connectivity index (χ4v) is 2.95. The van der Waals surface area contributed by atoms with Crippen LogP contribution in [0.1, 0.15) is 57.6 Å². The minimum atomic E-state index is -0.414. The summed E-state index contributed by atoms with van der Waals surface area (Å²) in [5.74, 6) is 0.569. The van der Waals surface area contributed by atoms with Crippen molar-refractivity contribution in [1.82, 2.24) is 4.90 Å². The van der Waals surface area contributed by atoms with Crippen molar-refractivity contribution in [2.45, 2.75) is 58.5 Å². The predicted octanol–water partition coefficient (Wildman–Crippen LogP) is 4.36. The van der Waals surface area contributed by atoms with Crippen LogP contribution in [0.5, 0.6) is 0 Å². The minimum absolute atomic E-state index is 0.176. The molecule has 0 spiro atoms. The van der Waals surface area contributed by atoms with Crippen molar-refractivity contribution in [2.75, 3.05) is 13.1 Å². The highest BCUT2D eigenvalue weighted by Gasteiger charge is 2.27. The first-order valence-electron chi connectivity index (χ1n) is 7.96. The molecule has 0 atom stereocenters. The number of carbonyl (C=O) groups excluding carboxylic acids is 1. The third-order valence-corrected chi connectivity index (χ3v) is 4.02. The van der Waals surface area contributed by atoms with Gasteiger partial charge in [0.1, 0.15) is 5.60 Å². The number of nitrogens with zero attached hydrogens (tertiary/aromatic N) is 1. The molecule has 1 heterocycles. The van der Waals surface area contributed by atoms with Crippen LogP contribution in [0.25, 0.3) is 0 Å². The van der Waals surface area contributed by atoms with Crippen LogP contribution in [0.15, 0.2) is 24.3 Å². The van der Waals surface area contributed by atoms with Crippen LogP contribution in [-0.2, 0) is 11.2 Å². The predicted molar refractivity (Wildman–Crippen MR) is 85.6 cm³/mol. The lowest BCUT2D eigenvalue weighted by molar-refractivity contribution is 0.0204. The number of benzene rings is 1. The number of hydrogen-bond donors (Lipinski definition) is 0. The van der Waals surface area contributed by atoms with Gasteiger partial charge in [-0.2, -0.15) is 0 Å². The average Bonchev–Trinajstić information content (AvgIpc) is 2.45. The van der Waals surface area contributed by atoms with Gasteiger partial charge in [0.05, 0.1) is 0 Å². The number of likely N-dealkylation sites (tertiary alicyclic amines) is 1. The van der Waals surface area contributed by atoms with Crippen LogP contribution in [-0.4, -0.2) is 29.7 Å². The number of rotatable bonds is 2. The minimum Gasteiger partial charge on any atom is -0.444 e. The molecular weight excluding hydrogens is 262 g/mol.